The molecule has 0 radical (unpaired) electrons. The zero-order valence-electron chi connectivity index (χ0n) is 14.6. The van der Waals surface area contributed by atoms with Crippen LogP contribution in [0.3, 0.4) is 0 Å². The third-order valence-electron chi connectivity index (χ3n) is 3.87. The van der Waals surface area contributed by atoms with Crippen molar-refractivity contribution in [2.24, 2.45) is 0 Å². The number of hydrogen-bond acceptors (Lipinski definition) is 6. The van der Waals surface area contributed by atoms with Crippen molar-refractivity contribution in [1.29, 1.82) is 0 Å². The summed E-state index contributed by atoms with van der Waals surface area (Å²) in [5.74, 6) is -1.92. The lowest BCUT2D eigenvalue weighted by Crippen LogP contribution is -2.54. The Morgan fingerprint density at radius 1 is 1.14 bits per heavy atom. The molecule has 0 spiro atoms. The third-order valence-corrected chi connectivity index (χ3v) is 4.16. The number of rotatable bonds is 4. The molecule has 28 heavy (non-hydrogen) atoms. The lowest BCUT2D eigenvalue weighted by molar-refractivity contribution is -0.122. The van der Waals surface area contributed by atoms with Gasteiger partial charge in [0.1, 0.15) is 11.3 Å². The number of aromatic hydroxyl groups is 2. The summed E-state index contributed by atoms with van der Waals surface area (Å²) in [6, 6.07) is 7.22. The van der Waals surface area contributed by atoms with Gasteiger partial charge in [0.25, 0.3) is 11.8 Å². The van der Waals surface area contributed by atoms with E-state index in [0.29, 0.717) is 5.56 Å². The molecular formula is C19H15ClN2O6. The highest BCUT2D eigenvalue weighted by molar-refractivity contribution is 6.39. The number of carbonyl (C=O) groups excluding carboxylic acids is 3. The quantitative estimate of drug-likeness (QED) is 0.535. The fourth-order valence-corrected chi connectivity index (χ4v) is 2.82. The predicted molar refractivity (Wildman–Crippen MR) is 101 cm³/mol. The van der Waals surface area contributed by atoms with Gasteiger partial charge in [0, 0.05) is 0 Å². The van der Waals surface area contributed by atoms with Crippen LogP contribution in [0.25, 0.3) is 6.08 Å². The molecule has 2 aromatic rings. The van der Waals surface area contributed by atoms with Crippen molar-refractivity contribution in [3.63, 3.8) is 0 Å². The average Bonchev–Trinajstić information content (AvgIpc) is 2.64. The van der Waals surface area contributed by atoms with Crippen LogP contribution in [0.2, 0.25) is 5.02 Å². The number of anilines is 1. The van der Waals surface area contributed by atoms with Gasteiger partial charge in [0.15, 0.2) is 11.5 Å². The third kappa shape index (κ3) is 3.63. The Labute approximate surface area is 164 Å². The molecule has 0 saturated carbocycles. The predicted octanol–water partition coefficient (Wildman–Crippen LogP) is 2.82. The van der Waals surface area contributed by atoms with Crippen LogP contribution in [-0.2, 0) is 9.59 Å². The average molecular weight is 403 g/mol. The molecule has 0 bridgehead atoms. The largest absolute Gasteiger partial charge is 0.508 e. The number of barbiturate groups is 1. The Bertz CT molecular complexity index is 1000. The summed E-state index contributed by atoms with van der Waals surface area (Å²) in [6.07, 6.45) is 1.24. The molecule has 1 saturated heterocycles. The van der Waals surface area contributed by atoms with Gasteiger partial charge >= 0.3 is 6.03 Å². The number of hydrogen-bond donors (Lipinski definition) is 3. The highest BCUT2D eigenvalue weighted by atomic mass is 35.5. The van der Waals surface area contributed by atoms with Crippen LogP contribution in [0, 0.1) is 0 Å². The Balaban J connectivity index is 2.03. The van der Waals surface area contributed by atoms with E-state index in [1.165, 1.54) is 42.5 Å². The van der Waals surface area contributed by atoms with Gasteiger partial charge in [0.05, 0.1) is 17.3 Å². The monoisotopic (exact) mass is 402 g/mol. The topological polar surface area (TPSA) is 116 Å². The summed E-state index contributed by atoms with van der Waals surface area (Å²) in [7, 11) is 0. The first kappa shape index (κ1) is 19.2. The number of phenolic OH excluding ortho intramolecular Hbond substituents is 2. The number of amides is 4. The van der Waals surface area contributed by atoms with Crippen molar-refractivity contribution < 1.29 is 29.3 Å². The maximum Gasteiger partial charge on any atom is 0.335 e. The number of phenols is 2. The van der Waals surface area contributed by atoms with Crippen LogP contribution >= 0.6 is 11.6 Å². The van der Waals surface area contributed by atoms with Crippen molar-refractivity contribution in [2.45, 2.75) is 6.92 Å². The molecule has 4 amide bonds. The van der Waals surface area contributed by atoms with Crippen LogP contribution in [-0.4, -0.2) is 34.7 Å². The molecule has 0 unspecified atom stereocenters. The van der Waals surface area contributed by atoms with E-state index in [0.717, 1.165) is 4.90 Å². The van der Waals surface area contributed by atoms with Gasteiger partial charge in [-0.3, -0.25) is 14.9 Å². The second kappa shape index (κ2) is 7.61. The van der Waals surface area contributed by atoms with Gasteiger partial charge in [0.2, 0.25) is 0 Å². The fourth-order valence-electron chi connectivity index (χ4n) is 2.60. The zero-order chi connectivity index (χ0) is 20.4. The smallest absolute Gasteiger partial charge is 0.335 e. The van der Waals surface area contributed by atoms with E-state index in [1.807, 2.05) is 0 Å². The van der Waals surface area contributed by atoms with Crippen LogP contribution in [0.4, 0.5) is 10.5 Å². The molecule has 0 aliphatic carbocycles. The first-order chi connectivity index (χ1) is 13.3. The number of urea groups is 1. The Hall–Kier alpha value is -3.52. The minimum atomic E-state index is -0.906. The van der Waals surface area contributed by atoms with Crippen molar-refractivity contribution in [2.75, 3.05) is 11.5 Å². The van der Waals surface area contributed by atoms with E-state index < -0.39 is 17.8 Å². The van der Waals surface area contributed by atoms with E-state index in [4.69, 9.17) is 16.3 Å². The van der Waals surface area contributed by atoms with Crippen molar-refractivity contribution in [3.05, 3.63) is 52.6 Å². The van der Waals surface area contributed by atoms with Crippen molar-refractivity contribution >= 4 is 41.2 Å². The second-order valence-corrected chi connectivity index (χ2v) is 6.16. The van der Waals surface area contributed by atoms with E-state index in [9.17, 15) is 24.6 Å². The number of nitrogens with zero attached hydrogens (tertiary/aromatic N) is 1. The summed E-state index contributed by atoms with van der Waals surface area (Å²) in [4.78, 5) is 37.9. The van der Waals surface area contributed by atoms with E-state index in [2.05, 4.69) is 5.32 Å². The molecule has 0 aromatic heterocycles. The van der Waals surface area contributed by atoms with Crippen LogP contribution < -0.4 is 15.0 Å². The number of nitrogens with one attached hydrogen (secondary N) is 1. The summed E-state index contributed by atoms with van der Waals surface area (Å²) < 4.78 is 5.28. The molecule has 144 valence electrons. The van der Waals surface area contributed by atoms with E-state index in [1.54, 1.807) is 6.92 Å². The Kier molecular flexibility index (Phi) is 5.23. The number of benzene rings is 2. The molecule has 8 nitrogen and oxygen atoms in total. The zero-order valence-corrected chi connectivity index (χ0v) is 15.4. The highest BCUT2D eigenvalue weighted by Gasteiger charge is 2.36. The maximum atomic E-state index is 12.8. The Morgan fingerprint density at radius 3 is 2.46 bits per heavy atom. The van der Waals surface area contributed by atoms with E-state index >= 15 is 0 Å². The van der Waals surface area contributed by atoms with Crippen LogP contribution in [0.15, 0.2) is 42.0 Å². The Morgan fingerprint density at radius 2 is 1.82 bits per heavy atom. The van der Waals surface area contributed by atoms with Gasteiger partial charge in [-0.1, -0.05) is 11.6 Å². The minimum Gasteiger partial charge on any atom is -0.508 e. The molecule has 1 aliphatic heterocycles. The highest BCUT2D eigenvalue weighted by Crippen LogP contribution is 2.36. The lowest BCUT2D eigenvalue weighted by atomic mass is 10.1. The van der Waals surface area contributed by atoms with Crippen LogP contribution in [0.1, 0.15) is 12.5 Å². The summed E-state index contributed by atoms with van der Waals surface area (Å²) in [5, 5.41) is 21.4. The van der Waals surface area contributed by atoms with E-state index in [-0.39, 0.29) is 40.1 Å². The fraction of sp³-hybridized carbons (Fsp3) is 0.105. The second-order valence-electron chi connectivity index (χ2n) is 5.76. The molecule has 3 N–H and O–H groups in total. The molecular weight excluding hydrogens is 388 g/mol. The molecule has 1 heterocycles. The molecule has 0 atom stereocenters. The SMILES string of the molecule is CCOc1cc(/C=C2\C(=O)NC(=O)N(c3ccc(O)cc3)C2=O)cc(Cl)c1O. The van der Waals surface area contributed by atoms with Gasteiger partial charge in [-0.15, -0.1) is 0 Å². The maximum absolute atomic E-state index is 12.8. The van der Waals surface area contributed by atoms with Crippen LogP contribution in [0.5, 0.6) is 17.2 Å². The van der Waals surface area contributed by atoms with Gasteiger partial charge in [-0.2, -0.15) is 0 Å². The number of imide groups is 2. The first-order valence-electron chi connectivity index (χ1n) is 8.17. The number of ether oxygens (including phenoxy) is 1. The molecule has 3 rings (SSSR count). The first-order valence-corrected chi connectivity index (χ1v) is 8.55. The van der Waals surface area contributed by atoms with Gasteiger partial charge < -0.3 is 14.9 Å². The standard InChI is InChI=1S/C19H15ClN2O6/c1-2-28-15-9-10(8-14(20)16(15)24)7-13-17(25)21-19(27)22(18(13)26)11-3-5-12(23)6-4-11/h3-9,23-24H,2H2,1H3,(H,21,25,27)/b13-7+. The number of carbonyl (C=O) groups is 3. The van der Waals surface area contributed by atoms with Gasteiger partial charge in [-0.25, -0.2) is 9.69 Å². The summed E-state index contributed by atoms with van der Waals surface area (Å²) in [5.41, 5.74) is 0.194. The summed E-state index contributed by atoms with van der Waals surface area (Å²) >= 11 is 5.97. The lowest BCUT2D eigenvalue weighted by Gasteiger charge is -2.26. The molecule has 1 aliphatic rings. The van der Waals surface area contributed by atoms with Crippen molar-refractivity contribution in [3.8, 4) is 17.2 Å². The van der Waals surface area contributed by atoms with Gasteiger partial charge in [-0.05, 0) is 55.0 Å². The molecule has 1 fully saturated rings. The minimum absolute atomic E-state index is 0.0204. The summed E-state index contributed by atoms with van der Waals surface area (Å²) in [6.45, 7) is 1.99. The normalized spacial score (nSPS) is 15.7. The number of halogens is 1. The molecule has 9 heteroatoms. The molecule has 2 aromatic carbocycles. The van der Waals surface area contributed by atoms with Crippen molar-refractivity contribution in [1.82, 2.24) is 5.32 Å².